The maximum atomic E-state index is 12.2. The Labute approximate surface area is 110 Å². The molecule has 0 heterocycles. The van der Waals surface area contributed by atoms with Crippen LogP contribution >= 0.6 is 47.8 Å². The Bertz CT molecular complexity index is 281. The van der Waals surface area contributed by atoms with Crippen LogP contribution in [0.15, 0.2) is 0 Å². The highest BCUT2D eigenvalue weighted by Gasteiger charge is 2.68. The van der Waals surface area contributed by atoms with E-state index in [4.69, 9.17) is 0 Å². The number of Topliss-reactive ketones (excluding diaryl/α,β-unsaturated/α-hetero) is 1. The van der Waals surface area contributed by atoms with E-state index in [9.17, 15) is 4.79 Å². The number of ketones is 1. The normalized spacial score (nSPS) is 51.6. The molecule has 80 valence electrons. The second kappa shape index (κ2) is 3.56. The van der Waals surface area contributed by atoms with Crippen molar-refractivity contribution in [2.45, 2.75) is 24.6 Å². The second-order valence-corrected chi connectivity index (χ2v) is 6.79. The molecule has 0 aromatic carbocycles. The zero-order valence-corrected chi connectivity index (χ0v) is 12.8. The highest BCUT2D eigenvalue weighted by molar-refractivity contribution is 9.10. The van der Waals surface area contributed by atoms with Crippen molar-refractivity contribution in [1.29, 1.82) is 0 Å². The van der Waals surface area contributed by atoms with Crippen LogP contribution in [0.2, 0.25) is 0 Å². The van der Waals surface area contributed by atoms with Crippen molar-refractivity contribution in [2.24, 2.45) is 16.7 Å². The van der Waals surface area contributed by atoms with Gasteiger partial charge in [0.2, 0.25) is 0 Å². The van der Waals surface area contributed by atoms with E-state index in [1.165, 1.54) is 6.42 Å². The highest BCUT2D eigenvalue weighted by atomic mass is 79.9. The fourth-order valence-corrected chi connectivity index (χ4v) is 6.63. The molecule has 0 aliphatic heterocycles. The lowest BCUT2D eigenvalue weighted by Gasteiger charge is -2.36. The SMILES string of the molecule is CC1(CBr)C2CCC1(CBr)C(=O)C2Br. The average Bonchev–Trinajstić information content (AvgIpc) is 2.57. The molecular formula is C10H13Br3O. The van der Waals surface area contributed by atoms with E-state index in [1.807, 2.05) is 0 Å². The number of carbonyl (C=O) groups excluding carboxylic acids is 1. The van der Waals surface area contributed by atoms with Gasteiger partial charge in [0.1, 0.15) is 0 Å². The molecule has 1 nitrogen and oxygen atoms in total. The molecule has 0 aromatic heterocycles. The maximum absolute atomic E-state index is 12.2. The van der Waals surface area contributed by atoms with Gasteiger partial charge in [0.15, 0.2) is 5.78 Å². The van der Waals surface area contributed by atoms with E-state index in [1.54, 1.807) is 0 Å². The fraction of sp³-hybridized carbons (Fsp3) is 0.900. The molecule has 0 aromatic rings. The van der Waals surface area contributed by atoms with E-state index in [0.717, 1.165) is 17.1 Å². The van der Waals surface area contributed by atoms with E-state index < -0.39 is 0 Å². The summed E-state index contributed by atoms with van der Waals surface area (Å²) in [7, 11) is 0. The summed E-state index contributed by atoms with van der Waals surface area (Å²) in [5, 5.41) is 1.73. The van der Waals surface area contributed by atoms with E-state index in [2.05, 4.69) is 54.7 Å². The van der Waals surface area contributed by atoms with Crippen LogP contribution in [0.3, 0.4) is 0 Å². The summed E-state index contributed by atoms with van der Waals surface area (Å²) in [6.45, 7) is 2.25. The number of hydrogen-bond donors (Lipinski definition) is 0. The third-order valence-electron chi connectivity index (χ3n) is 4.37. The zero-order chi connectivity index (χ0) is 10.6. The van der Waals surface area contributed by atoms with Gasteiger partial charge < -0.3 is 0 Å². The Morgan fingerprint density at radius 2 is 2.07 bits per heavy atom. The molecule has 0 saturated heterocycles. The predicted octanol–water partition coefficient (Wildman–Crippen LogP) is 3.53. The number of fused-ring (bicyclic) bond motifs is 2. The number of carbonyl (C=O) groups is 1. The molecule has 2 rings (SSSR count). The topological polar surface area (TPSA) is 17.1 Å². The van der Waals surface area contributed by atoms with Gasteiger partial charge in [-0.3, -0.25) is 4.79 Å². The van der Waals surface area contributed by atoms with Crippen LogP contribution < -0.4 is 0 Å². The van der Waals surface area contributed by atoms with Crippen LogP contribution in [-0.2, 0) is 4.79 Å². The van der Waals surface area contributed by atoms with Gasteiger partial charge in [-0.2, -0.15) is 0 Å². The molecule has 0 spiro atoms. The summed E-state index contributed by atoms with van der Waals surface area (Å²) >= 11 is 10.7. The molecule has 2 fully saturated rings. The van der Waals surface area contributed by atoms with Gasteiger partial charge in [0.05, 0.1) is 4.83 Å². The fourth-order valence-electron chi connectivity index (χ4n) is 3.19. The average molecular weight is 389 g/mol. The first-order valence-electron chi connectivity index (χ1n) is 4.84. The van der Waals surface area contributed by atoms with Crippen molar-refractivity contribution in [1.82, 2.24) is 0 Å². The molecule has 4 unspecified atom stereocenters. The van der Waals surface area contributed by atoms with Gasteiger partial charge in [0.25, 0.3) is 0 Å². The van der Waals surface area contributed by atoms with Crippen molar-refractivity contribution in [3.63, 3.8) is 0 Å². The van der Waals surface area contributed by atoms with Crippen molar-refractivity contribution in [2.75, 3.05) is 10.7 Å². The number of hydrogen-bond acceptors (Lipinski definition) is 1. The first-order chi connectivity index (χ1) is 6.53. The van der Waals surface area contributed by atoms with Crippen molar-refractivity contribution in [3.05, 3.63) is 0 Å². The molecule has 0 amide bonds. The van der Waals surface area contributed by atoms with Crippen LogP contribution in [0, 0.1) is 16.7 Å². The van der Waals surface area contributed by atoms with Crippen LogP contribution in [0.5, 0.6) is 0 Å². The summed E-state index contributed by atoms with van der Waals surface area (Å²) in [5.74, 6) is 0.916. The van der Waals surface area contributed by atoms with Crippen LogP contribution in [0.25, 0.3) is 0 Å². The maximum Gasteiger partial charge on any atom is 0.154 e. The number of rotatable bonds is 2. The lowest BCUT2D eigenvalue weighted by Crippen LogP contribution is -2.41. The Morgan fingerprint density at radius 1 is 1.43 bits per heavy atom. The molecule has 2 aliphatic carbocycles. The molecule has 2 aliphatic rings. The first kappa shape index (κ1) is 11.6. The molecule has 0 radical (unpaired) electrons. The third kappa shape index (κ3) is 1.08. The van der Waals surface area contributed by atoms with Crippen LogP contribution in [0.4, 0.5) is 0 Å². The second-order valence-electron chi connectivity index (χ2n) is 4.68. The van der Waals surface area contributed by atoms with Gasteiger partial charge in [-0.25, -0.2) is 0 Å². The van der Waals surface area contributed by atoms with Gasteiger partial charge in [-0.15, -0.1) is 0 Å². The third-order valence-corrected chi connectivity index (χ3v) is 7.55. The highest BCUT2D eigenvalue weighted by Crippen LogP contribution is 2.66. The van der Waals surface area contributed by atoms with Gasteiger partial charge in [-0.1, -0.05) is 54.7 Å². The smallest absolute Gasteiger partial charge is 0.154 e. The molecule has 2 saturated carbocycles. The zero-order valence-electron chi connectivity index (χ0n) is 8.03. The minimum absolute atomic E-state index is 0.0800. The molecule has 4 atom stereocenters. The van der Waals surface area contributed by atoms with Gasteiger partial charge in [0, 0.05) is 16.1 Å². The van der Waals surface area contributed by atoms with E-state index in [-0.39, 0.29) is 15.7 Å². The van der Waals surface area contributed by atoms with Crippen LogP contribution in [-0.4, -0.2) is 21.3 Å². The first-order valence-corrected chi connectivity index (χ1v) is 8.00. The summed E-state index contributed by atoms with van der Waals surface area (Å²) in [5.41, 5.74) is -0.00289. The van der Waals surface area contributed by atoms with Crippen molar-refractivity contribution < 1.29 is 4.79 Å². The van der Waals surface area contributed by atoms with E-state index in [0.29, 0.717) is 11.7 Å². The monoisotopic (exact) mass is 386 g/mol. The molecular weight excluding hydrogens is 376 g/mol. The Balaban J connectivity index is 2.50. The Kier molecular flexibility index (Phi) is 2.95. The minimum Gasteiger partial charge on any atom is -0.298 e. The molecule has 14 heavy (non-hydrogen) atoms. The largest absolute Gasteiger partial charge is 0.298 e. The molecule has 4 heteroatoms. The van der Waals surface area contributed by atoms with Crippen LogP contribution in [0.1, 0.15) is 19.8 Å². The number of alkyl halides is 3. The lowest BCUT2D eigenvalue weighted by atomic mass is 9.70. The van der Waals surface area contributed by atoms with E-state index >= 15 is 0 Å². The summed E-state index contributed by atoms with van der Waals surface area (Å²) in [6.07, 6.45) is 2.22. The van der Waals surface area contributed by atoms with Crippen molar-refractivity contribution in [3.8, 4) is 0 Å². The minimum atomic E-state index is -0.130. The lowest BCUT2D eigenvalue weighted by molar-refractivity contribution is -0.127. The summed E-state index contributed by atoms with van der Waals surface area (Å²) < 4.78 is 0. The quantitative estimate of drug-likeness (QED) is 0.661. The summed E-state index contributed by atoms with van der Waals surface area (Å²) in [4.78, 5) is 12.3. The van der Waals surface area contributed by atoms with Gasteiger partial charge in [-0.05, 0) is 24.2 Å². The Hall–Kier alpha value is 1.11. The standard InChI is InChI=1S/C10H13Br3O/c1-9(4-11)6-2-3-10(9,5-12)8(14)7(6)13/h6-7H,2-5H2,1H3. The van der Waals surface area contributed by atoms with Crippen molar-refractivity contribution >= 4 is 53.6 Å². The molecule has 0 N–H and O–H groups in total. The number of halogens is 3. The Morgan fingerprint density at radius 3 is 2.50 bits per heavy atom. The molecule has 2 bridgehead atoms. The summed E-state index contributed by atoms with van der Waals surface area (Å²) in [6, 6.07) is 0. The van der Waals surface area contributed by atoms with Gasteiger partial charge >= 0.3 is 0 Å². The predicted molar refractivity (Wildman–Crippen MR) is 68.6 cm³/mol.